The van der Waals surface area contributed by atoms with E-state index in [1.54, 1.807) is 5.57 Å². The second-order valence-corrected chi connectivity index (χ2v) is 6.98. The van der Waals surface area contributed by atoms with Gasteiger partial charge in [0.1, 0.15) is 0 Å². The summed E-state index contributed by atoms with van der Waals surface area (Å²) in [6.45, 7) is 9.43. The third-order valence-corrected chi connectivity index (χ3v) is 5.67. The molecule has 0 bridgehead atoms. The highest BCUT2D eigenvalue weighted by Crippen LogP contribution is 2.48. The maximum atomic E-state index is 9.84. The highest BCUT2D eigenvalue weighted by molar-refractivity contribution is 5.18. The predicted octanol–water partition coefficient (Wildman–Crippen LogP) is 4.17. The molecule has 0 radical (unpaired) electrons. The fourth-order valence-corrected chi connectivity index (χ4v) is 3.67. The highest BCUT2D eigenvalue weighted by Gasteiger charge is 2.38. The van der Waals surface area contributed by atoms with Gasteiger partial charge in [-0.1, -0.05) is 32.4 Å². The number of hydrogen-bond acceptors (Lipinski definition) is 1. The highest BCUT2D eigenvalue weighted by atomic mass is 16.3. The minimum atomic E-state index is -0.0326. The molecule has 0 amide bonds. The van der Waals surface area contributed by atoms with Crippen molar-refractivity contribution in [3.8, 4) is 0 Å². The second-order valence-electron chi connectivity index (χ2n) is 6.98. The van der Waals surface area contributed by atoms with E-state index in [-0.39, 0.29) is 6.10 Å². The van der Waals surface area contributed by atoms with Crippen LogP contribution in [0.1, 0.15) is 59.8 Å². The number of allylic oxidation sites excluding steroid dienone is 2. The van der Waals surface area contributed by atoms with E-state index in [1.165, 1.54) is 19.3 Å². The SMILES string of the molecule is CC1=CCC(CC2C[C@H](O)CCC2C)C1(C)C. The minimum Gasteiger partial charge on any atom is -0.393 e. The van der Waals surface area contributed by atoms with Crippen LogP contribution >= 0.6 is 0 Å². The quantitative estimate of drug-likeness (QED) is 0.714. The van der Waals surface area contributed by atoms with Crippen molar-refractivity contribution in [3.05, 3.63) is 11.6 Å². The van der Waals surface area contributed by atoms with Crippen LogP contribution in [-0.2, 0) is 0 Å². The van der Waals surface area contributed by atoms with Crippen LogP contribution in [0.4, 0.5) is 0 Å². The first-order valence-corrected chi connectivity index (χ1v) is 7.26. The molecule has 17 heavy (non-hydrogen) atoms. The lowest BCUT2D eigenvalue weighted by Crippen LogP contribution is -2.31. The molecule has 1 saturated carbocycles. The summed E-state index contributed by atoms with van der Waals surface area (Å²) in [4.78, 5) is 0. The van der Waals surface area contributed by atoms with Gasteiger partial charge in [0.2, 0.25) is 0 Å². The minimum absolute atomic E-state index is 0.0326. The smallest absolute Gasteiger partial charge is 0.0543 e. The normalized spacial score (nSPS) is 41.4. The van der Waals surface area contributed by atoms with E-state index < -0.39 is 0 Å². The summed E-state index contributed by atoms with van der Waals surface area (Å²) in [6, 6.07) is 0. The first kappa shape index (κ1) is 13.1. The number of hydrogen-bond donors (Lipinski definition) is 1. The van der Waals surface area contributed by atoms with Gasteiger partial charge in [-0.2, -0.15) is 0 Å². The molecule has 98 valence electrons. The van der Waals surface area contributed by atoms with Crippen LogP contribution in [0, 0.1) is 23.2 Å². The zero-order chi connectivity index (χ0) is 12.6. The summed E-state index contributed by atoms with van der Waals surface area (Å²) in [5.74, 6) is 2.33. The second kappa shape index (κ2) is 4.76. The van der Waals surface area contributed by atoms with Gasteiger partial charge >= 0.3 is 0 Å². The fourth-order valence-electron chi connectivity index (χ4n) is 3.67. The third-order valence-electron chi connectivity index (χ3n) is 5.67. The van der Waals surface area contributed by atoms with Crippen molar-refractivity contribution in [2.45, 2.75) is 65.9 Å². The predicted molar refractivity (Wildman–Crippen MR) is 72.8 cm³/mol. The molecule has 0 spiro atoms. The van der Waals surface area contributed by atoms with Crippen molar-refractivity contribution >= 4 is 0 Å². The molecular formula is C16H28O. The molecule has 0 aromatic heterocycles. The third kappa shape index (κ3) is 2.59. The number of aliphatic hydroxyl groups excluding tert-OH is 1. The average Bonchev–Trinajstić information content (AvgIpc) is 2.50. The molecule has 0 aromatic rings. The summed E-state index contributed by atoms with van der Waals surface area (Å²) < 4.78 is 0. The molecule has 3 unspecified atom stereocenters. The molecule has 1 fully saturated rings. The first-order valence-electron chi connectivity index (χ1n) is 7.26. The van der Waals surface area contributed by atoms with Gasteiger partial charge in [0, 0.05) is 0 Å². The van der Waals surface area contributed by atoms with Crippen LogP contribution in [0.25, 0.3) is 0 Å². The molecule has 1 heteroatoms. The van der Waals surface area contributed by atoms with Crippen molar-refractivity contribution in [2.75, 3.05) is 0 Å². The topological polar surface area (TPSA) is 20.2 Å². The zero-order valence-corrected chi connectivity index (χ0v) is 11.9. The van der Waals surface area contributed by atoms with Gasteiger partial charge in [-0.05, 0) is 62.2 Å². The van der Waals surface area contributed by atoms with Crippen LogP contribution < -0.4 is 0 Å². The van der Waals surface area contributed by atoms with Crippen molar-refractivity contribution in [1.29, 1.82) is 0 Å². The number of aliphatic hydroxyl groups is 1. The van der Waals surface area contributed by atoms with E-state index in [9.17, 15) is 5.11 Å². The molecule has 0 aromatic carbocycles. The lowest BCUT2D eigenvalue weighted by molar-refractivity contribution is 0.0560. The monoisotopic (exact) mass is 236 g/mol. The van der Waals surface area contributed by atoms with Crippen LogP contribution in [0.15, 0.2) is 11.6 Å². The van der Waals surface area contributed by atoms with Crippen molar-refractivity contribution < 1.29 is 5.11 Å². The van der Waals surface area contributed by atoms with E-state index in [0.29, 0.717) is 5.41 Å². The summed E-state index contributed by atoms with van der Waals surface area (Å²) in [5.41, 5.74) is 1.94. The zero-order valence-electron chi connectivity index (χ0n) is 11.9. The largest absolute Gasteiger partial charge is 0.393 e. The molecule has 2 aliphatic rings. The van der Waals surface area contributed by atoms with Crippen LogP contribution in [0.3, 0.4) is 0 Å². The van der Waals surface area contributed by atoms with Gasteiger partial charge in [0.25, 0.3) is 0 Å². The lowest BCUT2D eigenvalue weighted by Gasteiger charge is -2.38. The molecule has 1 nitrogen and oxygen atoms in total. The Bertz CT molecular complexity index is 303. The van der Waals surface area contributed by atoms with Crippen LogP contribution in [0.5, 0.6) is 0 Å². The molecule has 0 saturated heterocycles. The standard InChI is InChI=1S/C16H28O/c1-11-5-8-15(17)10-13(11)9-14-7-6-12(2)16(14,3)4/h6,11,13-15,17H,5,7-10H2,1-4H3/t11?,13?,14?,15-/m1/s1. The first-order chi connectivity index (χ1) is 7.91. The average molecular weight is 236 g/mol. The van der Waals surface area contributed by atoms with E-state index in [2.05, 4.69) is 33.8 Å². The van der Waals surface area contributed by atoms with Gasteiger partial charge in [-0.15, -0.1) is 0 Å². The fraction of sp³-hybridized carbons (Fsp3) is 0.875. The van der Waals surface area contributed by atoms with Gasteiger partial charge in [0.15, 0.2) is 0 Å². The van der Waals surface area contributed by atoms with Gasteiger partial charge in [-0.25, -0.2) is 0 Å². The molecule has 1 N–H and O–H groups in total. The Morgan fingerprint density at radius 2 is 2.06 bits per heavy atom. The Kier molecular flexibility index (Phi) is 3.68. The summed E-state index contributed by atoms with van der Waals surface area (Å²) >= 11 is 0. The van der Waals surface area contributed by atoms with E-state index in [4.69, 9.17) is 0 Å². The maximum absolute atomic E-state index is 9.84. The Morgan fingerprint density at radius 1 is 1.35 bits per heavy atom. The molecule has 4 atom stereocenters. The van der Waals surface area contributed by atoms with Gasteiger partial charge in [-0.3, -0.25) is 0 Å². The molecule has 0 heterocycles. The van der Waals surface area contributed by atoms with Gasteiger partial charge in [0.05, 0.1) is 6.10 Å². The maximum Gasteiger partial charge on any atom is 0.0543 e. The molecular weight excluding hydrogens is 208 g/mol. The van der Waals surface area contributed by atoms with E-state index in [0.717, 1.165) is 30.6 Å². The van der Waals surface area contributed by atoms with E-state index in [1.807, 2.05) is 0 Å². The Labute approximate surface area is 106 Å². The van der Waals surface area contributed by atoms with Crippen molar-refractivity contribution in [2.24, 2.45) is 23.2 Å². The lowest BCUT2D eigenvalue weighted by atomic mass is 9.68. The van der Waals surface area contributed by atoms with Crippen molar-refractivity contribution in [1.82, 2.24) is 0 Å². The molecule has 0 aliphatic heterocycles. The van der Waals surface area contributed by atoms with Gasteiger partial charge < -0.3 is 5.11 Å². The van der Waals surface area contributed by atoms with Crippen molar-refractivity contribution in [3.63, 3.8) is 0 Å². The van der Waals surface area contributed by atoms with Crippen LogP contribution in [-0.4, -0.2) is 11.2 Å². The number of rotatable bonds is 2. The Hall–Kier alpha value is -0.300. The Balaban J connectivity index is 1.97. The Morgan fingerprint density at radius 3 is 2.65 bits per heavy atom. The van der Waals surface area contributed by atoms with E-state index >= 15 is 0 Å². The molecule has 2 aliphatic carbocycles. The van der Waals surface area contributed by atoms with Crippen LogP contribution in [0.2, 0.25) is 0 Å². The summed E-state index contributed by atoms with van der Waals surface area (Å²) in [7, 11) is 0. The molecule has 2 rings (SSSR count). The summed E-state index contributed by atoms with van der Waals surface area (Å²) in [6.07, 6.45) is 8.21. The summed E-state index contributed by atoms with van der Waals surface area (Å²) in [5, 5.41) is 9.84.